The summed E-state index contributed by atoms with van der Waals surface area (Å²) in [6.45, 7) is 6.22. The Morgan fingerprint density at radius 1 is 1.12 bits per heavy atom. The van der Waals surface area contributed by atoms with E-state index in [1.165, 1.54) is 24.3 Å². The van der Waals surface area contributed by atoms with Gasteiger partial charge >= 0.3 is 0 Å². The summed E-state index contributed by atoms with van der Waals surface area (Å²) in [4.78, 5) is 22.5. The molecule has 2 rings (SSSR count). The molecule has 2 N–H and O–H groups in total. The first-order valence-electron chi connectivity index (χ1n) is 8.37. The number of amides is 1. The highest BCUT2D eigenvalue weighted by molar-refractivity contribution is 5.96. The van der Waals surface area contributed by atoms with Crippen LogP contribution in [0.1, 0.15) is 26.3 Å². The van der Waals surface area contributed by atoms with Crippen LogP contribution >= 0.6 is 0 Å². The van der Waals surface area contributed by atoms with Gasteiger partial charge in [0, 0.05) is 23.5 Å². The Balaban J connectivity index is 1.94. The summed E-state index contributed by atoms with van der Waals surface area (Å²) in [5.41, 5.74) is 2.33. The molecule has 0 spiro atoms. The maximum atomic E-state index is 12.3. The summed E-state index contributed by atoms with van der Waals surface area (Å²) in [7, 11) is 0. The fourth-order valence-electron chi connectivity index (χ4n) is 2.25. The van der Waals surface area contributed by atoms with Gasteiger partial charge in [-0.2, -0.15) is 0 Å². The molecule has 0 aliphatic heterocycles. The number of carbonyl (C=O) groups is 1. The molecule has 2 aromatic carbocycles. The third-order valence-corrected chi connectivity index (χ3v) is 3.63. The summed E-state index contributed by atoms with van der Waals surface area (Å²) < 4.78 is 5.59. The normalized spacial score (nSPS) is 11.8. The van der Waals surface area contributed by atoms with Crippen molar-refractivity contribution in [2.24, 2.45) is 0 Å². The monoisotopic (exact) mass is 357 g/mol. The van der Waals surface area contributed by atoms with E-state index in [1.807, 2.05) is 38.1 Å². The van der Waals surface area contributed by atoms with Crippen LogP contribution in [0.15, 0.2) is 48.5 Å². The van der Waals surface area contributed by atoms with Crippen molar-refractivity contribution in [2.75, 3.05) is 10.6 Å². The molecule has 138 valence electrons. The predicted octanol–water partition coefficient (Wildman–Crippen LogP) is 3.96. The van der Waals surface area contributed by atoms with Crippen molar-refractivity contribution in [2.45, 2.75) is 39.5 Å². The lowest BCUT2D eigenvalue weighted by atomic mass is 10.2. The van der Waals surface area contributed by atoms with Crippen molar-refractivity contribution in [1.29, 1.82) is 0 Å². The van der Waals surface area contributed by atoms with Crippen LogP contribution in [0.2, 0.25) is 0 Å². The Bertz CT molecular complexity index is 760. The van der Waals surface area contributed by atoms with Gasteiger partial charge in [-0.1, -0.05) is 12.1 Å². The van der Waals surface area contributed by atoms with Crippen molar-refractivity contribution in [3.8, 4) is 0 Å². The summed E-state index contributed by atoms with van der Waals surface area (Å²) in [6, 6.07) is 12.9. The minimum Gasteiger partial charge on any atom is -0.374 e. The van der Waals surface area contributed by atoms with Crippen molar-refractivity contribution in [3.63, 3.8) is 0 Å². The number of benzene rings is 2. The van der Waals surface area contributed by atoms with E-state index in [-0.39, 0.29) is 17.7 Å². The van der Waals surface area contributed by atoms with Crippen molar-refractivity contribution >= 4 is 23.0 Å². The zero-order chi connectivity index (χ0) is 19.1. The Morgan fingerprint density at radius 3 is 2.42 bits per heavy atom. The highest BCUT2D eigenvalue weighted by Gasteiger charge is 2.14. The average Bonchev–Trinajstić information content (AvgIpc) is 2.60. The number of nitro benzene ring substituents is 1. The van der Waals surface area contributed by atoms with Gasteiger partial charge in [-0.05, 0) is 50.6 Å². The zero-order valence-corrected chi connectivity index (χ0v) is 15.1. The molecule has 26 heavy (non-hydrogen) atoms. The van der Waals surface area contributed by atoms with Crippen LogP contribution in [0, 0.1) is 10.1 Å². The Labute approximate surface area is 152 Å². The number of non-ortho nitro benzene ring substituents is 1. The number of anilines is 2. The topological polar surface area (TPSA) is 93.5 Å². The lowest BCUT2D eigenvalue weighted by molar-refractivity contribution is -0.384. The van der Waals surface area contributed by atoms with Gasteiger partial charge in [-0.3, -0.25) is 14.9 Å². The number of carbonyl (C=O) groups excluding carboxylic acids is 1. The molecular formula is C19H23N3O4. The smallest absolute Gasteiger partial charge is 0.269 e. The Morgan fingerprint density at radius 2 is 1.81 bits per heavy atom. The molecule has 0 saturated carbocycles. The van der Waals surface area contributed by atoms with Crippen LogP contribution < -0.4 is 10.6 Å². The van der Waals surface area contributed by atoms with E-state index >= 15 is 0 Å². The fourth-order valence-corrected chi connectivity index (χ4v) is 2.25. The van der Waals surface area contributed by atoms with E-state index in [0.717, 1.165) is 11.3 Å². The number of nitrogens with one attached hydrogen (secondary N) is 2. The first-order chi connectivity index (χ1) is 12.3. The van der Waals surface area contributed by atoms with Gasteiger partial charge in [0.05, 0.1) is 17.6 Å². The molecule has 0 fully saturated rings. The molecule has 0 saturated heterocycles. The van der Waals surface area contributed by atoms with E-state index in [4.69, 9.17) is 4.74 Å². The van der Waals surface area contributed by atoms with E-state index in [9.17, 15) is 14.9 Å². The van der Waals surface area contributed by atoms with Crippen LogP contribution in [-0.4, -0.2) is 23.0 Å². The second-order valence-electron chi connectivity index (χ2n) is 6.22. The average molecular weight is 357 g/mol. The summed E-state index contributed by atoms with van der Waals surface area (Å²) in [5.74, 6) is -0.234. The molecule has 1 amide bonds. The highest BCUT2D eigenvalue weighted by Crippen LogP contribution is 2.17. The van der Waals surface area contributed by atoms with Crippen molar-refractivity contribution in [3.05, 3.63) is 64.2 Å². The first-order valence-corrected chi connectivity index (χ1v) is 8.37. The standard InChI is InChI=1S/C19H23N3O4/c1-13(2)26-12-15-5-4-6-17(11-15)20-14(3)19(23)21-16-7-9-18(10-8-16)22(24)25/h4-11,13-14,20H,12H2,1-3H3,(H,21,23). The van der Waals surface area contributed by atoms with Crippen LogP contribution in [-0.2, 0) is 16.1 Å². The fraction of sp³-hybridized carbons (Fsp3) is 0.316. The minimum atomic E-state index is -0.480. The van der Waals surface area contributed by atoms with Gasteiger partial charge in [-0.15, -0.1) is 0 Å². The molecule has 2 aromatic rings. The molecule has 0 aromatic heterocycles. The Hall–Kier alpha value is -2.93. The SMILES string of the molecule is CC(C)OCc1cccc(NC(C)C(=O)Nc2ccc([N+](=O)[O-])cc2)c1. The van der Waals surface area contributed by atoms with E-state index in [1.54, 1.807) is 6.92 Å². The maximum Gasteiger partial charge on any atom is 0.269 e. The quantitative estimate of drug-likeness (QED) is 0.551. The minimum absolute atomic E-state index is 0.0189. The van der Waals surface area contributed by atoms with Crippen LogP contribution in [0.4, 0.5) is 17.1 Å². The first kappa shape index (κ1) is 19.4. The number of nitrogens with zero attached hydrogens (tertiary/aromatic N) is 1. The lowest BCUT2D eigenvalue weighted by Gasteiger charge is -2.16. The highest BCUT2D eigenvalue weighted by atomic mass is 16.6. The molecule has 0 aliphatic rings. The second kappa shape index (κ2) is 8.96. The van der Waals surface area contributed by atoms with Gasteiger partial charge in [0.2, 0.25) is 5.91 Å². The molecule has 0 bridgehead atoms. The predicted molar refractivity (Wildman–Crippen MR) is 101 cm³/mol. The number of hydrogen-bond donors (Lipinski definition) is 2. The maximum absolute atomic E-state index is 12.3. The molecule has 1 atom stereocenters. The number of rotatable bonds is 8. The van der Waals surface area contributed by atoms with Crippen LogP contribution in [0.25, 0.3) is 0 Å². The number of ether oxygens (including phenoxy) is 1. The van der Waals surface area contributed by atoms with Gasteiger partial charge in [0.1, 0.15) is 6.04 Å². The molecule has 0 radical (unpaired) electrons. The van der Waals surface area contributed by atoms with Gasteiger partial charge < -0.3 is 15.4 Å². The molecule has 7 heteroatoms. The second-order valence-corrected chi connectivity index (χ2v) is 6.22. The molecule has 0 heterocycles. The van der Waals surface area contributed by atoms with Gasteiger partial charge in [0.25, 0.3) is 5.69 Å². The zero-order valence-electron chi connectivity index (χ0n) is 15.1. The molecular weight excluding hydrogens is 334 g/mol. The summed E-state index contributed by atoms with van der Waals surface area (Å²) in [6.07, 6.45) is 0.151. The molecule has 1 unspecified atom stereocenters. The third-order valence-electron chi connectivity index (χ3n) is 3.63. The third kappa shape index (κ3) is 5.86. The molecule has 0 aliphatic carbocycles. The van der Waals surface area contributed by atoms with E-state index in [2.05, 4.69) is 10.6 Å². The molecule has 7 nitrogen and oxygen atoms in total. The Kier molecular flexibility index (Phi) is 6.68. The van der Waals surface area contributed by atoms with Crippen LogP contribution in [0.3, 0.4) is 0 Å². The summed E-state index contributed by atoms with van der Waals surface area (Å²) >= 11 is 0. The lowest BCUT2D eigenvalue weighted by Crippen LogP contribution is -2.31. The van der Waals surface area contributed by atoms with Crippen molar-refractivity contribution in [1.82, 2.24) is 0 Å². The number of nitro groups is 1. The van der Waals surface area contributed by atoms with E-state index < -0.39 is 11.0 Å². The van der Waals surface area contributed by atoms with Gasteiger partial charge in [0.15, 0.2) is 0 Å². The van der Waals surface area contributed by atoms with Crippen molar-refractivity contribution < 1.29 is 14.5 Å². The summed E-state index contributed by atoms with van der Waals surface area (Å²) in [5, 5.41) is 16.5. The van der Waals surface area contributed by atoms with Gasteiger partial charge in [-0.25, -0.2) is 0 Å². The number of hydrogen-bond acceptors (Lipinski definition) is 5. The largest absolute Gasteiger partial charge is 0.374 e. The van der Waals surface area contributed by atoms with E-state index in [0.29, 0.717) is 12.3 Å². The van der Waals surface area contributed by atoms with Crippen LogP contribution in [0.5, 0.6) is 0 Å².